The van der Waals surface area contributed by atoms with Crippen LogP contribution in [0.25, 0.3) is 21.3 Å². The summed E-state index contributed by atoms with van der Waals surface area (Å²) < 4.78 is 5.68. The lowest BCUT2D eigenvalue weighted by molar-refractivity contribution is -0.145. The second-order valence-electron chi connectivity index (χ2n) is 6.33. The van der Waals surface area contributed by atoms with E-state index in [0.29, 0.717) is 6.61 Å². The summed E-state index contributed by atoms with van der Waals surface area (Å²) in [7, 11) is 0. The Balaban J connectivity index is 1.92. The summed E-state index contributed by atoms with van der Waals surface area (Å²) in [6.07, 6.45) is 1.85. The highest BCUT2D eigenvalue weighted by atomic mass is 32.2. The van der Waals surface area contributed by atoms with Gasteiger partial charge in [-0.05, 0) is 58.0 Å². The fraction of sp³-hybridized carbons (Fsp3) is 0.300. The number of carbonyl (C=O) groups excluding carboxylic acids is 1. The molecule has 25 heavy (non-hydrogen) atoms. The van der Waals surface area contributed by atoms with Gasteiger partial charge in [0.1, 0.15) is 4.75 Å². The molecule has 3 rings (SSSR count). The van der Waals surface area contributed by atoms with Gasteiger partial charge in [0.2, 0.25) is 0 Å². The summed E-state index contributed by atoms with van der Waals surface area (Å²) in [5, 5.41) is 1.16. The van der Waals surface area contributed by atoms with Crippen LogP contribution in [0, 0.1) is 6.92 Å². The topological polar surface area (TPSA) is 39.2 Å². The predicted molar refractivity (Wildman–Crippen MR) is 106 cm³/mol. The van der Waals surface area contributed by atoms with Gasteiger partial charge in [-0.3, -0.25) is 9.78 Å². The number of rotatable bonds is 5. The largest absolute Gasteiger partial charge is 0.465 e. The quantitative estimate of drug-likeness (QED) is 0.426. The van der Waals surface area contributed by atoms with E-state index in [1.54, 1.807) is 23.1 Å². The van der Waals surface area contributed by atoms with Crippen molar-refractivity contribution in [2.75, 3.05) is 6.61 Å². The van der Waals surface area contributed by atoms with Gasteiger partial charge in [-0.25, -0.2) is 0 Å². The highest BCUT2D eigenvalue weighted by Gasteiger charge is 2.31. The molecule has 1 aromatic carbocycles. The summed E-state index contributed by atoms with van der Waals surface area (Å²) in [6, 6.07) is 12.6. The third-order valence-corrected chi connectivity index (χ3v) is 6.29. The molecular formula is C20H21NO2S2. The maximum absolute atomic E-state index is 12.1. The van der Waals surface area contributed by atoms with Gasteiger partial charge < -0.3 is 4.74 Å². The van der Waals surface area contributed by atoms with Gasteiger partial charge in [0.25, 0.3) is 0 Å². The van der Waals surface area contributed by atoms with Crippen molar-refractivity contribution in [3.8, 4) is 10.4 Å². The molecule has 0 aliphatic carbocycles. The molecule has 3 aromatic rings. The lowest BCUT2D eigenvalue weighted by Crippen LogP contribution is -2.29. The maximum Gasteiger partial charge on any atom is 0.322 e. The second-order valence-corrected chi connectivity index (χ2v) is 9.34. The SMILES string of the molecule is CCOC(=O)C(C)(C)Sc1ccc(-c2ccnc3ccc(C)cc23)s1. The third-order valence-electron chi connectivity index (χ3n) is 3.87. The van der Waals surface area contributed by atoms with E-state index in [2.05, 4.69) is 48.3 Å². The summed E-state index contributed by atoms with van der Waals surface area (Å²) in [6.45, 7) is 8.13. The van der Waals surface area contributed by atoms with Crippen molar-refractivity contribution in [2.24, 2.45) is 0 Å². The average molecular weight is 372 g/mol. The minimum Gasteiger partial charge on any atom is -0.465 e. The molecule has 2 aromatic heterocycles. The van der Waals surface area contributed by atoms with Crippen LogP contribution in [0.2, 0.25) is 0 Å². The normalized spacial score (nSPS) is 11.7. The maximum atomic E-state index is 12.1. The fourth-order valence-electron chi connectivity index (χ4n) is 2.59. The standard InChI is InChI=1S/C20H21NO2S2/c1-5-23-19(22)20(3,4)25-18-9-8-17(24-18)14-10-11-21-16-7-6-13(2)12-15(14)16/h6-12H,5H2,1-4H3. The number of ether oxygens (including phenoxy) is 1. The number of hydrogen-bond donors (Lipinski definition) is 0. The highest BCUT2D eigenvalue weighted by molar-refractivity contribution is 8.03. The van der Waals surface area contributed by atoms with Crippen LogP contribution in [0.15, 0.2) is 46.8 Å². The lowest BCUT2D eigenvalue weighted by atomic mass is 10.1. The Kier molecular flexibility index (Phi) is 5.16. The Hall–Kier alpha value is -1.85. The Bertz CT molecular complexity index is 915. The number of hydrogen-bond acceptors (Lipinski definition) is 5. The van der Waals surface area contributed by atoms with Gasteiger partial charge >= 0.3 is 5.97 Å². The fourth-order valence-corrected chi connectivity index (χ4v) is 5.21. The number of thiophene rings is 1. The molecule has 0 atom stereocenters. The van der Waals surface area contributed by atoms with Crippen molar-refractivity contribution < 1.29 is 9.53 Å². The lowest BCUT2D eigenvalue weighted by Gasteiger charge is -2.20. The smallest absolute Gasteiger partial charge is 0.322 e. The second kappa shape index (κ2) is 7.18. The van der Waals surface area contributed by atoms with Crippen molar-refractivity contribution in [3.63, 3.8) is 0 Å². The van der Waals surface area contributed by atoms with Gasteiger partial charge in [0, 0.05) is 22.0 Å². The molecule has 130 valence electrons. The molecule has 0 saturated heterocycles. The molecular weight excluding hydrogens is 350 g/mol. The molecule has 0 saturated carbocycles. The van der Waals surface area contributed by atoms with Gasteiger partial charge in [0.05, 0.1) is 16.3 Å². The summed E-state index contributed by atoms with van der Waals surface area (Å²) >= 11 is 3.24. The van der Waals surface area contributed by atoms with Crippen LogP contribution in [0.4, 0.5) is 0 Å². The zero-order valence-corrected chi connectivity index (χ0v) is 16.5. The molecule has 0 aliphatic heterocycles. The highest BCUT2D eigenvalue weighted by Crippen LogP contribution is 2.41. The average Bonchev–Trinajstić information content (AvgIpc) is 3.02. The van der Waals surface area contributed by atoms with E-state index < -0.39 is 4.75 Å². The minimum absolute atomic E-state index is 0.181. The van der Waals surface area contributed by atoms with Crippen molar-refractivity contribution in [3.05, 3.63) is 48.2 Å². The van der Waals surface area contributed by atoms with Crippen LogP contribution in [-0.4, -0.2) is 22.3 Å². The van der Waals surface area contributed by atoms with Crippen LogP contribution in [0.1, 0.15) is 26.3 Å². The van der Waals surface area contributed by atoms with Crippen LogP contribution < -0.4 is 0 Å². The summed E-state index contributed by atoms with van der Waals surface area (Å²) in [4.78, 5) is 17.7. The zero-order valence-electron chi connectivity index (χ0n) is 14.8. The molecule has 0 amide bonds. The first-order valence-corrected chi connectivity index (χ1v) is 9.86. The molecule has 0 unspecified atom stereocenters. The summed E-state index contributed by atoms with van der Waals surface area (Å²) in [5.74, 6) is -0.181. The minimum atomic E-state index is -0.602. The summed E-state index contributed by atoms with van der Waals surface area (Å²) in [5.41, 5.74) is 3.40. The number of carbonyl (C=O) groups is 1. The Morgan fingerprint density at radius 3 is 2.80 bits per heavy atom. The first-order valence-electron chi connectivity index (χ1n) is 8.22. The Morgan fingerprint density at radius 1 is 1.24 bits per heavy atom. The van der Waals surface area contributed by atoms with Gasteiger partial charge in [-0.2, -0.15) is 0 Å². The predicted octanol–water partition coefficient (Wildman–Crippen LogP) is 5.71. The molecule has 0 N–H and O–H groups in total. The van der Waals surface area contributed by atoms with Crippen molar-refractivity contribution in [2.45, 2.75) is 36.7 Å². The van der Waals surface area contributed by atoms with E-state index in [4.69, 9.17) is 4.74 Å². The Morgan fingerprint density at radius 2 is 2.04 bits per heavy atom. The van der Waals surface area contributed by atoms with E-state index in [-0.39, 0.29) is 5.97 Å². The molecule has 0 spiro atoms. The van der Waals surface area contributed by atoms with E-state index in [1.165, 1.54) is 16.0 Å². The number of fused-ring (bicyclic) bond motifs is 1. The number of pyridine rings is 1. The van der Waals surface area contributed by atoms with Crippen molar-refractivity contribution in [1.29, 1.82) is 0 Å². The number of benzene rings is 1. The van der Waals surface area contributed by atoms with Crippen LogP contribution in [0.5, 0.6) is 0 Å². The molecule has 0 fully saturated rings. The van der Waals surface area contributed by atoms with Crippen molar-refractivity contribution >= 4 is 40.0 Å². The number of esters is 1. The molecule has 5 heteroatoms. The van der Waals surface area contributed by atoms with Gasteiger partial charge in [0.15, 0.2) is 0 Å². The molecule has 0 aliphatic rings. The van der Waals surface area contributed by atoms with Gasteiger partial charge in [-0.15, -0.1) is 11.3 Å². The first kappa shape index (κ1) is 18.0. The Labute approximate surface area is 156 Å². The van der Waals surface area contributed by atoms with E-state index in [0.717, 1.165) is 15.1 Å². The van der Waals surface area contributed by atoms with E-state index in [1.807, 2.05) is 27.0 Å². The molecule has 2 heterocycles. The van der Waals surface area contributed by atoms with E-state index >= 15 is 0 Å². The molecule has 3 nitrogen and oxygen atoms in total. The number of thioether (sulfide) groups is 1. The number of nitrogens with zero attached hydrogens (tertiary/aromatic N) is 1. The monoisotopic (exact) mass is 371 g/mol. The zero-order chi connectivity index (χ0) is 18.0. The third kappa shape index (κ3) is 3.88. The number of aryl methyl sites for hydroxylation is 1. The van der Waals surface area contributed by atoms with Crippen LogP contribution in [-0.2, 0) is 9.53 Å². The van der Waals surface area contributed by atoms with E-state index in [9.17, 15) is 4.79 Å². The van der Waals surface area contributed by atoms with Crippen LogP contribution in [0.3, 0.4) is 0 Å². The first-order chi connectivity index (χ1) is 11.9. The van der Waals surface area contributed by atoms with Gasteiger partial charge in [-0.1, -0.05) is 23.4 Å². The van der Waals surface area contributed by atoms with Crippen molar-refractivity contribution in [1.82, 2.24) is 4.98 Å². The number of aromatic nitrogens is 1. The van der Waals surface area contributed by atoms with Crippen LogP contribution >= 0.6 is 23.1 Å². The molecule has 0 radical (unpaired) electrons. The molecule has 0 bridgehead atoms.